The minimum atomic E-state index is -0.458. The lowest BCUT2D eigenvalue weighted by atomic mass is 10.2. The first kappa shape index (κ1) is 16.5. The maximum atomic E-state index is 13.8. The van der Waals surface area contributed by atoms with Crippen LogP contribution < -0.4 is 10.5 Å². The van der Waals surface area contributed by atoms with E-state index in [9.17, 15) is 9.18 Å². The van der Waals surface area contributed by atoms with Crippen molar-refractivity contribution < 1.29 is 13.5 Å². The lowest BCUT2D eigenvalue weighted by Crippen LogP contribution is -2.27. The van der Waals surface area contributed by atoms with Crippen LogP contribution in [0.2, 0.25) is 5.02 Å². The van der Waals surface area contributed by atoms with E-state index in [4.69, 9.17) is 20.8 Å². The number of nitrogens with zero attached hydrogens (tertiary/aromatic N) is 2. The second kappa shape index (κ2) is 6.67. The summed E-state index contributed by atoms with van der Waals surface area (Å²) in [6, 6.07) is 9.80. The van der Waals surface area contributed by atoms with Crippen molar-refractivity contribution in [3.63, 3.8) is 0 Å². The van der Waals surface area contributed by atoms with Gasteiger partial charge in [-0.2, -0.15) is 0 Å². The van der Waals surface area contributed by atoms with Crippen molar-refractivity contribution in [1.29, 1.82) is 0 Å². The Morgan fingerprint density at radius 3 is 2.79 bits per heavy atom. The molecule has 24 heavy (non-hydrogen) atoms. The van der Waals surface area contributed by atoms with Gasteiger partial charge in [0.2, 0.25) is 0 Å². The van der Waals surface area contributed by atoms with Crippen molar-refractivity contribution in [2.45, 2.75) is 13.2 Å². The van der Waals surface area contributed by atoms with Gasteiger partial charge in [0.15, 0.2) is 17.1 Å². The molecule has 7 heteroatoms. The van der Waals surface area contributed by atoms with Crippen LogP contribution in [-0.4, -0.2) is 23.6 Å². The van der Waals surface area contributed by atoms with Crippen LogP contribution in [0.25, 0.3) is 11.1 Å². The molecule has 0 aliphatic rings. The molecule has 2 aromatic carbocycles. The van der Waals surface area contributed by atoms with E-state index in [1.54, 1.807) is 30.3 Å². The van der Waals surface area contributed by atoms with Crippen molar-refractivity contribution in [3.05, 3.63) is 63.4 Å². The van der Waals surface area contributed by atoms with Gasteiger partial charge < -0.3 is 9.15 Å². The second-order valence-corrected chi connectivity index (χ2v) is 5.97. The first-order chi connectivity index (χ1) is 11.5. The molecule has 0 spiro atoms. The van der Waals surface area contributed by atoms with Gasteiger partial charge in [-0.3, -0.25) is 9.47 Å². The van der Waals surface area contributed by atoms with Gasteiger partial charge in [-0.15, -0.1) is 0 Å². The van der Waals surface area contributed by atoms with Crippen molar-refractivity contribution in [3.8, 4) is 5.75 Å². The molecule has 0 radical (unpaired) electrons. The zero-order valence-electron chi connectivity index (χ0n) is 13.3. The smallest absolute Gasteiger partial charge is 0.421 e. The molecule has 0 unspecified atom stereocenters. The Bertz CT molecular complexity index is 935. The highest BCUT2D eigenvalue weighted by Crippen LogP contribution is 2.20. The first-order valence-electron chi connectivity index (χ1n) is 7.28. The number of aromatic nitrogens is 1. The molecular formula is C17H16ClFN2O3. The van der Waals surface area contributed by atoms with E-state index in [-0.39, 0.29) is 5.75 Å². The van der Waals surface area contributed by atoms with Crippen LogP contribution in [0.1, 0.15) is 5.56 Å². The Labute approximate surface area is 142 Å². The van der Waals surface area contributed by atoms with Crippen LogP contribution in [-0.2, 0) is 13.2 Å². The molecule has 0 aliphatic carbocycles. The largest absolute Gasteiger partial charge is 0.494 e. The normalized spacial score (nSPS) is 11.4. The van der Waals surface area contributed by atoms with Crippen LogP contribution in [0.5, 0.6) is 5.75 Å². The Balaban J connectivity index is 1.81. The molecule has 5 nitrogen and oxygen atoms in total. The molecule has 1 aromatic heterocycles. The summed E-state index contributed by atoms with van der Waals surface area (Å²) in [6.07, 6.45) is 0. The Hall–Kier alpha value is -2.31. The molecule has 3 aromatic rings. The number of rotatable bonds is 5. The molecule has 0 bridgehead atoms. The summed E-state index contributed by atoms with van der Waals surface area (Å²) in [5.41, 5.74) is 1.88. The molecule has 126 valence electrons. The summed E-state index contributed by atoms with van der Waals surface area (Å²) in [5.74, 6) is -0.672. The Morgan fingerprint density at radius 1 is 1.29 bits per heavy atom. The van der Waals surface area contributed by atoms with Gasteiger partial charge >= 0.3 is 5.76 Å². The quantitative estimate of drug-likeness (QED) is 0.706. The van der Waals surface area contributed by atoms with E-state index in [2.05, 4.69) is 0 Å². The van der Waals surface area contributed by atoms with Crippen LogP contribution in [0.3, 0.4) is 0 Å². The molecule has 1 heterocycles. The molecule has 3 rings (SSSR count). The minimum Gasteiger partial charge on any atom is -0.494 e. The number of fused-ring (bicyclic) bond motifs is 1. The second-order valence-electron chi connectivity index (χ2n) is 5.53. The number of methoxy groups -OCH3 is 1. The summed E-state index contributed by atoms with van der Waals surface area (Å²) in [7, 11) is 3.25. The van der Waals surface area contributed by atoms with Crippen molar-refractivity contribution in [1.82, 2.24) is 9.47 Å². The van der Waals surface area contributed by atoms with E-state index in [0.29, 0.717) is 29.3 Å². The average molecular weight is 351 g/mol. The van der Waals surface area contributed by atoms with Gasteiger partial charge in [-0.05, 0) is 42.9 Å². The van der Waals surface area contributed by atoms with Crippen LogP contribution in [0.4, 0.5) is 4.39 Å². The van der Waals surface area contributed by atoms with Crippen LogP contribution in [0, 0.1) is 5.82 Å². The highest BCUT2D eigenvalue weighted by Gasteiger charge is 2.12. The number of hydrogen-bond donors (Lipinski definition) is 0. The fourth-order valence-electron chi connectivity index (χ4n) is 2.58. The van der Waals surface area contributed by atoms with Crippen LogP contribution >= 0.6 is 11.6 Å². The topological polar surface area (TPSA) is 47.6 Å². The standard InChI is InChI=1S/C17H16ClFN2O3/c1-20(9-11-3-5-15(23-2)13(19)7-11)10-21-14-8-12(18)4-6-16(14)24-17(21)22/h3-8H,9-10H2,1-2H3. The summed E-state index contributed by atoms with van der Waals surface area (Å²) in [6.45, 7) is 0.750. The summed E-state index contributed by atoms with van der Waals surface area (Å²) in [5, 5.41) is 0.525. The Kier molecular flexibility index (Phi) is 4.59. The maximum Gasteiger partial charge on any atom is 0.421 e. The maximum absolute atomic E-state index is 13.8. The number of ether oxygens (including phenoxy) is 1. The van der Waals surface area contributed by atoms with Gasteiger partial charge in [0.25, 0.3) is 0 Å². The van der Waals surface area contributed by atoms with Gasteiger partial charge in [0.05, 0.1) is 19.3 Å². The van der Waals surface area contributed by atoms with Gasteiger partial charge in [0.1, 0.15) is 0 Å². The molecule has 0 N–H and O–H groups in total. The van der Waals surface area contributed by atoms with E-state index in [0.717, 1.165) is 5.56 Å². The monoisotopic (exact) mass is 350 g/mol. The number of oxazole rings is 1. The van der Waals surface area contributed by atoms with E-state index in [1.165, 1.54) is 17.7 Å². The summed E-state index contributed by atoms with van der Waals surface area (Å²) < 4.78 is 25.4. The number of halogens is 2. The van der Waals surface area contributed by atoms with Crippen molar-refractivity contribution in [2.75, 3.05) is 14.2 Å². The summed E-state index contributed by atoms with van der Waals surface area (Å²) >= 11 is 5.99. The molecular weight excluding hydrogens is 335 g/mol. The number of hydrogen-bond acceptors (Lipinski definition) is 4. The van der Waals surface area contributed by atoms with Crippen molar-refractivity contribution in [2.24, 2.45) is 0 Å². The molecule has 0 saturated carbocycles. The van der Waals surface area contributed by atoms with E-state index < -0.39 is 11.6 Å². The third kappa shape index (κ3) is 3.29. The predicted octanol–water partition coefficient (Wildman–Crippen LogP) is 3.49. The molecule has 0 saturated heterocycles. The molecule has 0 amide bonds. The van der Waals surface area contributed by atoms with Crippen LogP contribution in [0.15, 0.2) is 45.6 Å². The third-order valence-corrected chi connectivity index (χ3v) is 3.92. The fraction of sp³-hybridized carbons (Fsp3) is 0.235. The number of benzene rings is 2. The molecule has 0 atom stereocenters. The average Bonchev–Trinajstić information content (AvgIpc) is 2.83. The highest BCUT2D eigenvalue weighted by atomic mass is 35.5. The Morgan fingerprint density at radius 2 is 2.08 bits per heavy atom. The molecule has 0 aliphatic heterocycles. The van der Waals surface area contributed by atoms with Gasteiger partial charge in [-0.1, -0.05) is 17.7 Å². The fourth-order valence-corrected chi connectivity index (χ4v) is 2.75. The third-order valence-electron chi connectivity index (χ3n) is 3.68. The minimum absolute atomic E-state index is 0.202. The van der Waals surface area contributed by atoms with E-state index >= 15 is 0 Å². The highest BCUT2D eigenvalue weighted by molar-refractivity contribution is 6.31. The van der Waals surface area contributed by atoms with Gasteiger partial charge in [-0.25, -0.2) is 9.18 Å². The predicted molar refractivity (Wildman–Crippen MR) is 89.9 cm³/mol. The zero-order valence-corrected chi connectivity index (χ0v) is 14.0. The van der Waals surface area contributed by atoms with E-state index in [1.807, 2.05) is 11.9 Å². The lowest BCUT2D eigenvalue weighted by molar-refractivity contribution is 0.253. The lowest BCUT2D eigenvalue weighted by Gasteiger charge is -2.17. The zero-order chi connectivity index (χ0) is 17.3. The summed E-state index contributed by atoms with van der Waals surface area (Å²) in [4.78, 5) is 13.9. The van der Waals surface area contributed by atoms with Crippen molar-refractivity contribution >= 4 is 22.7 Å². The van der Waals surface area contributed by atoms with Gasteiger partial charge in [0, 0.05) is 11.6 Å². The first-order valence-corrected chi connectivity index (χ1v) is 7.65. The SMILES string of the molecule is COc1ccc(CN(C)Cn2c(=O)oc3ccc(Cl)cc32)cc1F. The molecule has 0 fully saturated rings.